The van der Waals surface area contributed by atoms with Gasteiger partial charge < -0.3 is 9.32 Å². The van der Waals surface area contributed by atoms with E-state index < -0.39 is 0 Å². The third-order valence-electron chi connectivity index (χ3n) is 5.28. The van der Waals surface area contributed by atoms with E-state index in [0.29, 0.717) is 11.9 Å². The van der Waals surface area contributed by atoms with Gasteiger partial charge in [0.15, 0.2) is 0 Å². The fourth-order valence-corrected chi connectivity index (χ4v) is 5.30. The minimum absolute atomic E-state index is 0.713. The Hall–Kier alpha value is -1.30. The first-order valence-corrected chi connectivity index (χ1v) is 8.84. The van der Waals surface area contributed by atoms with Gasteiger partial charge in [0.2, 0.25) is 5.89 Å². The molecule has 5 heterocycles. The Morgan fingerprint density at radius 3 is 2.86 bits per heavy atom. The van der Waals surface area contributed by atoms with Crippen molar-refractivity contribution in [3.05, 3.63) is 36.2 Å². The summed E-state index contributed by atoms with van der Waals surface area (Å²) in [6.07, 6.45) is 6.09. The van der Waals surface area contributed by atoms with Crippen molar-refractivity contribution < 1.29 is 4.42 Å². The Bertz CT molecular complexity index is 679. The summed E-state index contributed by atoms with van der Waals surface area (Å²) in [7, 11) is 0. The number of rotatable bonds is 2. The molecule has 0 aliphatic carbocycles. The van der Waals surface area contributed by atoms with E-state index >= 15 is 0 Å². The molecule has 3 saturated heterocycles. The summed E-state index contributed by atoms with van der Waals surface area (Å²) < 4.78 is 8.03. The van der Waals surface area contributed by atoms with Crippen LogP contribution in [0.3, 0.4) is 0 Å². The van der Waals surface area contributed by atoms with Crippen molar-refractivity contribution in [3.63, 3.8) is 0 Å². The number of piperidine rings is 3. The van der Waals surface area contributed by atoms with Gasteiger partial charge in [-0.25, -0.2) is 9.29 Å². The minimum atomic E-state index is 0.713. The highest BCUT2D eigenvalue weighted by molar-refractivity contribution is 7.97. The van der Waals surface area contributed by atoms with Crippen LogP contribution in [0.5, 0.6) is 0 Å². The molecule has 0 N–H and O–H groups in total. The molecule has 114 valence electrons. The standard InChI is InChI=1S/C17H19N3OS/c1-2-14-10-20(15-11-19-6-3-12(15)4-7-19)22-16(14)9-13(1)17-18-5-8-21-17/h1-2,5,8-9,12,15H,3-4,6-7,10-11H2/t15-/m1/s1. The maximum absolute atomic E-state index is 5.42. The first-order chi connectivity index (χ1) is 10.9. The number of benzene rings is 1. The third-order valence-corrected chi connectivity index (χ3v) is 6.49. The zero-order valence-electron chi connectivity index (χ0n) is 12.4. The SMILES string of the molecule is c1coc(-c2ccc3c(c2)SN([C@@H]2CN4CCC2CC4)C3)n1. The number of hydrogen-bond acceptors (Lipinski definition) is 5. The quantitative estimate of drug-likeness (QED) is 0.795. The number of aromatic nitrogens is 1. The van der Waals surface area contributed by atoms with E-state index in [2.05, 4.69) is 32.4 Å². The van der Waals surface area contributed by atoms with Crippen molar-refractivity contribution in [2.24, 2.45) is 5.92 Å². The van der Waals surface area contributed by atoms with Crippen LogP contribution in [-0.2, 0) is 6.54 Å². The van der Waals surface area contributed by atoms with Gasteiger partial charge in [-0.2, -0.15) is 0 Å². The van der Waals surface area contributed by atoms with Gasteiger partial charge in [-0.05, 0) is 61.5 Å². The third kappa shape index (κ3) is 2.11. The molecule has 2 aromatic rings. The summed E-state index contributed by atoms with van der Waals surface area (Å²) in [6.45, 7) is 4.93. The molecule has 1 aromatic heterocycles. The first-order valence-electron chi connectivity index (χ1n) is 8.06. The van der Waals surface area contributed by atoms with E-state index in [1.807, 2.05) is 11.9 Å². The van der Waals surface area contributed by atoms with Crippen LogP contribution in [0.15, 0.2) is 40.0 Å². The van der Waals surface area contributed by atoms with Crippen molar-refractivity contribution in [1.82, 2.24) is 14.2 Å². The molecule has 0 spiro atoms. The van der Waals surface area contributed by atoms with Gasteiger partial charge in [0.25, 0.3) is 0 Å². The first kappa shape index (κ1) is 13.2. The fraction of sp³-hybridized carbons (Fsp3) is 0.471. The molecule has 6 rings (SSSR count). The van der Waals surface area contributed by atoms with Gasteiger partial charge in [-0.1, -0.05) is 6.07 Å². The molecule has 3 fully saturated rings. The normalized spacial score (nSPS) is 30.6. The maximum atomic E-state index is 5.42. The molecule has 0 saturated carbocycles. The van der Waals surface area contributed by atoms with E-state index in [1.54, 1.807) is 12.5 Å². The monoisotopic (exact) mass is 313 g/mol. The van der Waals surface area contributed by atoms with E-state index in [-0.39, 0.29) is 0 Å². The van der Waals surface area contributed by atoms with Crippen LogP contribution in [-0.4, -0.2) is 39.9 Å². The topological polar surface area (TPSA) is 32.5 Å². The predicted octanol–water partition coefficient (Wildman–Crippen LogP) is 3.26. The zero-order chi connectivity index (χ0) is 14.5. The summed E-state index contributed by atoms with van der Waals surface area (Å²) in [6, 6.07) is 7.31. The fourth-order valence-electron chi connectivity index (χ4n) is 4.04. The van der Waals surface area contributed by atoms with Crippen LogP contribution in [0.1, 0.15) is 18.4 Å². The van der Waals surface area contributed by atoms with E-state index in [9.17, 15) is 0 Å². The van der Waals surface area contributed by atoms with Gasteiger partial charge >= 0.3 is 0 Å². The Morgan fingerprint density at radius 1 is 1.23 bits per heavy atom. The van der Waals surface area contributed by atoms with Crippen LogP contribution < -0.4 is 0 Å². The Morgan fingerprint density at radius 2 is 2.14 bits per heavy atom. The zero-order valence-corrected chi connectivity index (χ0v) is 13.3. The van der Waals surface area contributed by atoms with Crippen molar-refractivity contribution in [2.45, 2.75) is 30.3 Å². The van der Waals surface area contributed by atoms with Crippen molar-refractivity contribution >= 4 is 11.9 Å². The molecule has 2 bridgehead atoms. The van der Waals surface area contributed by atoms with Crippen LogP contribution in [0.4, 0.5) is 0 Å². The molecule has 4 aliphatic rings. The molecule has 1 aromatic carbocycles. The maximum Gasteiger partial charge on any atom is 0.225 e. The van der Waals surface area contributed by atoms with Gasteiger partial charge in [-0.15, -0.1) is 0 Å². The van der Waals surface area contributed by atoms with E-state index in [0.717, 1.165) is 18.0 Å². The average Bonchev–Trinajstić information content (AvgIpc) is 3.24. The summed E-state index contributed by atoms with van der Waals surface area (Å²) in [5, 5.41) is 0. The molecular formula is C17H19N3OS. The van der Waals surface area contributed by atoms with Crippen molar-refractivity contribution in [1.29, 1.82) is 0 Å². The lowest BCUT2D eigenvalue weighted by atomic mass is 9.84. The average molecular weight is 313 g/mol. The molecule has 4 nitrogen and oxygen atoms in total. The highest BCUT2D eigenvalue weighted by Gasteiger charge is 2.39. The largest absolute Gasteiger partial charge is 0.445 e. The van der Waals surface area contributed by atoms with Crippen LogP contribution >= 0.6 is 11.9 Å². The summed E-state index contributed by atoms with van der Waals surface area (Å²) in [5.74, 6) is 1.60. The van der Waals surface area contributed by atoms with E-state index in [4.69, 9.17) is 4.42 Å². The Labute approximate surface area is 134 Å². The van der Waals surface area contributed by atoms with Crippen molar-refractivity contribution in [3.8, 4) is 11.5 Å². The molecule has 0 amide bonds. The number of oxazole rings is 1. The molecule has 0 radical (unpaired) electrons. The molecular weight excluding hydrogens is 294 g/mol. The lowest BCUT2D eigenvalue weighted by Gasteiger charge is -2.47. The van der Waals surface area contributed by atoms with Gasteiger partial charge in [0, 0.05) is 29.6 Å². The van der Waals surface area contributed by atoms with Crippen LogP contribution in [0, 0.1) is 5.92 Å². The van der Waals surface area contributed by atoms with Gasteiger partial charge in [-0.3, -0.25) is 0 Å². The second-order valence-corrected chi connectivity index (χ2v) is 7.62. The summed E-state index contributed by atoms with van der Waals surface area (Å²) in [5.41, 5.74) is 2.52. The van der Waals surface area contributed by atoms with Crippen LogP contribution in [0.2, 0.25) is 0 Å². The van der Waals surface area contributed by atoms with E-state index in [1.165, 1.54) is 42.9 Å². The smallest absolute Gasteiger partial charge is 0.225 e. The Balaban J connectivity index is 1.39. The summed E-state index contributed by atoms with van der Waals surface area (Å²) >= 11 is 1.93. The Kier molecular flexibility index (Phi) is 3.06. The minimum Gasteiger partial charge on any atom is -0.445 e. The number of hydrogen-bond donors (Lipinski definition) is 0. The lowest BCUT2D eigenvalue weighted by Crippen LogP contribution is -2.54. The predicted molar refractivity (Wildman–Crippen MR) is 86.3 cm³/mol. The lowest BCUT2D eigenvalue weighted by molar-refractivity contribution is 0.0420. The van der Waals surface area contributed by atoms with Gasteiger partial charge in [0.1, 0.15) is 6.26 Å². The molecule has 4 aliphatic heterocycles. The molecule has 0 unspecified atom stereocenters. The second kappa shape index (κ2) is 5.11. The second-order valence-electron chi connectivity index (χ2n) is 6.53. The molecule has 1 atom stereocenters. The molecule has 22 heavy (non-hydrogen) atoms. The molecule has 5 heteroatoms. The summed E-state index contributed by atoms with van der Waals surface area (Å²) in [4.78, 5) is 8.25. The van der Waals surface area contributed by atoms with Gasteiger partial charge in [0.05, 0.1) is 6.20 Å². The highest BCUT2D eigenvalue weighted by atomic mass is 32.2. The highest BCUT2D eigenvalue weighted by Crippen LogP contribution is 2.43. The van der Waals surface area contributed by atoms with Crippen molar-refractivity contribution in [2.75, 3.05) is 19.6 Å². The number of fused-ring (bicyclic) bond motifs is 4. The number of nitrogens with zero attached hydrogens (tertiary/aromatic N) is 3. The van der Waals surface area contributed by atoms with Crippen LogP contribution in [0.25, 0.3) is 11.5 Å².